The summed E-state index contributed by atoms with van der Waals surface area (Å²) in [5.41, 5.74) is 5.03. The van der Waals surface area contributed by atoms with Gasteiger partial charge in [-0.2, -0.15) is 17.6 Å². The predicted molar refractivity (Wildman–Crippen MR) is 178 cm³/mol. The zero-order valence-electron chi connectivity index (χ0n) is 27.3. The van der Waals surface area contributed by atoms with Crippen molar-refractivity contribution in [3.8, 4) is 45.6 Å². The molecular formula is C38H37F4N3O4. The molecule has 0 N–H and O–H groups in total. The zero-order chi connectivity index (χ0) is 34.4. The van der Waals surface area contributed by atoms with Gasteiger partial charge in [-0.3, -0.25) is 4.90 Å². The summed E-state index contributed by atoms with van der Waals surface area (Å²) >= 11 is 0. The minimum Gasteiger partial charge on any atom is -0.496 e. The molecule has 7 nitrogen and oxygen atoms in total. The van der Waals surface area contributed by atoms with Crippen molar-refractivity contribution in [2.75, 3.05) is 13.9 Å². The molecule has 0 fully saturated rings. The van der Waals surface area contributed by atoms with Crippen LogP contribution in [0, 0.1) is 0 Å². The topological polar surface area (TPSA) is 58.0 Å². The van der Waals surface area contributed by atoms with E-state index in [9.17, 15) is 17.6 Å². The summed E-state index contributed by atoms with van der Waals surface area (Å²) in [5, 5.41) is 0. The number of benzene rings is 4. The number of ether oxygens (including phenoxy) is 4. The van der Waals surface area contributed by atoms with Gasteiger partial charge in [0.15, 0.2) is 11.5 Å². The van der Waals surface area contributed by atoms with Crippen molar-refractivity contribution in [1.29, 1.82) is 0 Å². The Morgan fingerprint density at radius 3 is 2.35 bits per heavy atom. The molecule has 11 heteroatoms. The number of hydrogen-bond donors (Lipinski definition) is 0. The van der Waals surface area contributed by atoms with Crippen LogP contribution in [0.4, 0.5) is 17.6 Å². The van der Waals surface area contributed by atoms with Crippen molar-refractivity contribution >= 4 is 0 Å². The Labute approximate surface area is 282 Å². The van der Waals surface area contributed by atoms with E-state index in [1.165, 1.54) is 18.2 Å². The molecule has 4 aromatic carbocycles. The maximum absolute atomic E-state index is 13.8. The van der Waals surface area contributed by atoms with Gasteiger partial charge in [-0.25, -0.2) is 4.98 Å². The van der Waals surface area contributed by atoms with E-state index in [1.54, 1.807) is 13.2 Å². The second-order valence-electron chi connectivity index (χ2n) is 11.7. The lowest BCUT2D eigenvalue weighted by atomic mass is 10.1. The van der Waals surface area contributed by atoms with Crippen LogP contribution in [-0.2, 0) is 26.2 Å². The van der Waals surface area contributed by atoms with Gasteiger partial charge in [-0.1, -0.05) is 74.0 Å². The van der Waals surface area contributed by atoms with Crippen LogP contribution in [0.5, 0.6) is 23.0 Å². The van der Waals surface area contributed by atoms with E-state index in [-0.39, 0.29) is 19.1 Å². The zero-order valence-corrected chi connectivity index (χ0v) is 27.3. The molecule has 0 bridgehead atoms. The van der Waals surface area contributed by atoms with E-state index in [0.717, 1.165) is 46.7 Å². The summed E-state index contributed by atoms with van der Waals surface area (Å²) < 4.78 is 77.2. The molecule has 1 aliphatic rings. The summed E-state index contributed by atoms with van der Waals surface area (Å²) in [4.78, 5) is 7.39. The van der Waals surface area contributed by atoms with Crippen molar-refractivity contribution < 1.29 is 36.5 Å². The number of hydrogen-bond acceptors (Lipinski definition) is 6. The second kappa shape index (κ2) is 15.0. The second-order valence-corrected chi connectivity index (χ2v) is 11.7. The Morgan fingerprint density at radius 1 is 0.857 bits per heavy atom. The van der Waals surface area contributed by atoms with Crippen LogP contribution in [0.25, 0.3) is 22.6 Å². The molecule has 0 atom stereocenters. The number of methoxy groups -OCH3 is 1. The fraction of sp³-hybridized carbons (Fsp3) is 0.289. The highest BCUT2D eigenvalue weighted by Crippen LogP contribution is 2.37. The van der Waals surface area contributed by atoms with E-state index < -0.39 is 12.5 Å². The van der Waals surface area contributed by atoms with Crippen LogP contribution in [0.2, 0.25) is 0 Å². The SMILES string of the molecule is CCCCn1c(-c2ccccc2)nc(-c2ccccc2OC)c1CN(Cc1cccc(OC(F)(F)C(F)F)c1)Cc1ccc2c(c1)OCO2. The number of unbranched alkanes of at least 4 members (excludes halogenated alkanes) is 1. The quantitative estimate of drug-likeness (QED) is 0.103. The molecule has 0 saturated carbocycles. The maximum Gasteiger partial charge on any atom is 0.461 e. The Bertz CT molecular complexity index is 1870. The van der Waals surface area contributed by atoms with Crippen molar-refractivity contribution in [2.24, 2.45) is 0 Å². The first kappa shape index (κ1) is 33.9. The van der Waals surface area contributed by atoms with E-state index in [1.807, 2.05) is 72.8 Å². The molecule has 5 aromatic rings. The number of nitrogens with zero attached hydrogens (tertiary/aromatic N) is 3. The number of imidazole rings is 1. The van der Waals surface area contributed by atoms with Crippen LogP contribution in [0.1, 0.15) is 36.6 Å². The first-order valence-corrected chi connectivity index (χ1v) is 16.1. The standard InChI is InChI=1S/C38H37F4N3O4/c1-3-4-19-45-31(35(30-15-8-9-16-32(30)46-2)43-36(45)28-12-6-5-7-13-28)24-44(23-27-17-18-33-34(21-27)48-25-47-33)22-26-11-10-14-29(20-26)49-38(41,42)37(39)40/h5-18,20-21,37H,3-4,19,22-25H2,1-2H3. The Morgan fingerprint density at radius 2 is 1.59 bits per heavy atom. The Hall–Kier alpha value is -5.03. The third-order valence-electron chi connectivity index (χ3n) is 8.23. The molecule has 256 valence electrons. The number of aromatic nitrogens is 2. The van der Waals surface area contributed by atoms with Crippen LogP contribution in [0.15, 0.2) is 97.1 Å². The van der Waals surface area contributed by atoms with Crippen LogP contribution >= 0.6 is 0 Å². The summed E-state index contributed by atoms with van der Waals surface area (Å²) in [6, 6.07) is 29.3. The lowest BCUT2D eigenvalue weighted by Gasteiger charge is -2.25. The molecular weight excluding hydrogens is 638 g/mol. The molecule has 6 rings (SSSR count). The van der Waals surface area contributed by atoms with Gasteiger partial charge < -0.3 is 23.5 Å². The monoisotopic (exact) mass is 675 g/mol. The van der Waals surface area contributed by atoms with Gasteiger partial charge in [0.1, 0.15) is 17.3 Å². The number of halogens is 4. The van der Waals surface area contributed by atoms with Gasteiger partial charge in [0.05, 0.1) is 18.5 Å². The highest BCUT2D eigenvalue weighted by atomic mass is 19.3. The highest BCUT2D eigenvalue weighted by molar-refractivity contribution is 5.73. The summed E-state index contributed by atoms with van der Waals surface area (Å²) in [7, 11) is 1.63. The number of fused-ring (bicyclic) bond motifs is 1. The molecule has 0 saturated heterocycles. The minimum atomic E-state index is -4.62. The van der Waals surface area contributed by atoms with Gasteiger partial charge in [0, 0.05) is 37.3 Å². The Kier molecular flexibility index (Phi) is 10.4. The number of alkyl halides is 4. The average Bonchev–Trinajstić information content (AvgIpc) is 3.72. The van der Waals surface area contributed by atoms with Gasteiger partial charge >= 0.3 is 12.5 Å². The molecule has 0 unspecified atom stereocenters. The van der Waals surface area contributed by atoms with Gasteiger partial charge in [-0.05, 0) is 53.9 Å². The van der Waals surface area contributed by atoms with Gasteiger partial charge in [0.2, 0.25) is 6.79 Å². The van der Waals surface area contributed by atoms with E-state index in [0.29, 0.717) is 42.4 Å². The van der Waals surface area contributed by atoms with Crippen molar-refractivity contribution in [1.82, 2.24) is 14.5 Å². The lowest BCUT2D eigenvalue weighted by molar-refractivity contribution is -0.253. The average molecular weight is 676 g/mol. The smallest absolute Gasteiger partial charge is 0.461 e. The number of rotatable bonds is 15. The summed E-state index contributed by atoms with van der Waals surface area (Å²) in [6.07, 6.45) is -6.70. The minimum absolute atomic E-state index is 0.139. The molecule has 49 heavy (non-hydrogen) atoms. The van der Waals surface area contributed by atoms with Crippen LogP contribution < -0.4 is 18.9 Å². The molecule has 1 aromatic heterocycles. The third kappa shape index (κ3) is 7.83. The highest BCUT2D eigenvalue weighted by Gasteiger charge is 2.44. The van der Waals surface area contributed by atoms with Crippen molar-refractivity contribution in [3.63, 3.8) is 0 Å². The normalized spacial score (nSPS) is 12.6. The fourth-order valence-electron chi connectivity index (χ4n) is 5.91. The first-order valence-electron chi connectivity index (χ1n) is 16.1. The van der Waals surface area contributed by atoms with Gasteiger partial charge in [-0.15, -0.1) is 0 Å². The van der Waals surface area contributed by atoms with Crippen LogP contribution in [0.3, 0.4) is 0 Å². The van der Waals surface area contributed by atoms with Crippen molar-refractivity contribution in [2.45, 2.75) is 58.5 Å². The van der Waals surface area contributed by atoms with Crippen molar-refractivity contribution in [3.05, 3.63) is 114 Å². The molecule has 1 aliphatic heterocycles. The Balaban J connectivity index is 1.45. The molecule has 0 radical (unpaired) electrons. The molecule has 2 heterocycles. The van der Waals surface area contributed by atoms with E-state index >= 15 is 0 Å². The predicted octanol–water partition coefficient (Wildman–Crippen LogP) is 9.19. The summed E-state index contributed by atoms with van der Waals surface area (Å²) in [6.45, 7) is 4.08. The van der Waals surface area contributed by atoms with Gasteiger partial charge in [0.25, 0.3) is 0 Å². The third-order valence-corrected chi connectivity index (χ3v) is 8.23. The lowest BCUT2D eigenvalue weighted by Crippen LogP contribution is -2.33. The fourth-order valence-corrected chi connectivity index (χ4v) is 5.91. The maximum atomic E-state index is 13.8. The van der Waals surface area contributed by atoms with E-state index in [2.05, 4.69) is 21.1 Å². The number of para-hydroxylation sites is 1. The molecule has 0 spiro atoms. The molecule has 0 aliphatic carbocycles. The molecule has 0 amide bonds. The van der Waals surface area contributed by atoms with Crippen LogP contribution in [-0.4, -0.2) is 40.9 Å². The summed E-state index contributed by atoms with van der Waals surface area (Å²) in [5.74, 6) is 2.44. The largest absolute Gasteiger partial charge is 0.496 e. The first-order chi connectivity index (χ1) is 23.8. The van der Waals surface area contributed by atoms with E-state index in [4.69, 9.17) is 19.2 Å².